The van der Waals surface area contributed by atoms with Crippen LogP contribution in [0.25, 0.3) is 0 Å². The first-order valence-corrected chi connectivity index (χ1v) is 6.74. The highest BCUT2D eigenvalue weighted by Crippen LogP contribution is 2.17. The number of carboxylic acids is 1. The number of anilines is 1. The number of carbonyl (C=O) groups excluding carboxylic acids is 2. The minimum absolute atomic E-state index is 0.0740. The van der Waals surface area contributed by atoms with Gasteiger partial charge in [0.05, 0.1) is 23.8 Å². The number of para-hydroxylation sites is 1. The van der Waals surface area contributed by atoms with Crippen molar-refractivity contribution in [1.29, 1.82) is 0 Å². The number of nitrogens with one attached hydrogen (secondary N) is 1. The number of carboxylic acid groups (broad SMARTS) is 1. The van der Waals surface area contributed by atoms with Crippen LogP contribution in [0.4, 0.5) is 5.69 Å². The first-order chi connectivity index (χ1) is 9.95. The normalized spacial score (nSPS) is 11.5. The summed E-state index contributed by atoms with van der Waals surface area (Å²) in [6.07, 6.45) is 0.313. The smallest absolute Gasteiger partial charge is 0.340 e. The van der Waals surface area contributed by atoms with E-state index < -0.39 is 17.9 Å². The Bertz CT molecular complexity index is 527. The van der Waals surface area contributed by atoms with E-state index in [2.05, 4.69) is 5.32 Å². The van der Waals surface area contributed by atoms with Crippen LogP contribution < -0.4 is 5.32 Å². The maximum Gasteiger partial charge on any atom is 0.340 e. The Kier molecular flexibility index (Phi) is 6.39. The van der Waals surface area contributed by atoms with Gasteiger partial charge in [-0.05, 0) is 25.5 Å². The summed E-state index contributed by atoms with van der Waals surface area (Å²) in [5.74, 6) is -2.36. The molecule has 0 heterocycles. The number of esters is 1. The van der Waals surface area contributed by atoms with Gasteiger partial charge >= 0.3 is 11.9 Å². The zero-order valence-electron chi connectivity index (χ0n) is 12.1. The molecule has 0 unspecified atom stereocenters. The van der Waals surface area contributed by atoms with Crippen molar-refractivity contribution in [2.45, 2.75) is 26.7 Å². The third-order valence-corrected chi connectivity index (χ3v) is 2.92. The molecule has 6 nitrogen and oxygen atoms in total. The molecule has 21 heavy (non-hydrogen) atoms. The average molecular weight is 293 g/mol. The van der Waals surface area contributed by atoms with Crippen molar-refractivity contribution in [2.75, 3.05) is 11.9 Å². The molecule has 0 fully saturated rings. The summed E-state index contributed by atoms with van der Waals surface area (Å²) >= 11 is 0. The minimum Gasteiger partial charge on any atom is -0.481 e. The SMILES string of the molecule is CCOC(=O)c1ccccc1NC(=O)CC[C@@H](C)C(=O)O. The molecule has 1 atom stereocenters. The molecule has 0 aliphatic carbocycles. The number of aliphatic carboxylic acids is 1. The molecule has 1 rings (SSSR count). The highest BCUT2D eigenvalue weighted by Gasteiger charge is 2.16. The maximum atomic E-state index is 11.8. The lowest BCUT2D eigenvalue weighted by Crippen LogP contribution is -2.18. The van der Waals surface area contributed by atoms with Crippen LogP contribution in [0.3, 0.4) is 0 Å². The van der Waals surface area contributed by atoms with Gasteiger partial charge in [0.25, 0.3) is 0 Å². The van der Waals surface area contributed by atoms with Crippen molar-refractivity contribution >= 4 is 23.5 Å². The number of ether oxygens (including phenoxy) is 1. The van der Waals surface area contributed by atoms with Gasteiger partial charge in [0, 0.05) is 6.42 Å². The molecule has 0 saturated carbocycles. The zero-order valence-corrected chi connectivity index (χ0v) is 12.1. The van der Waals surface area contributed by atoms with E-state index in [9.17, 15) is 14.4 Å². The van der Waals surface area contributed by atoms with Gasteiger partial charge in [-0.1, -0.05) is 19.1 Å². The van der Waals surface area contributed by atoms with Crippen LogP contribution in [0.15, 0.2) is 24.3 Å². The lowest BCUT2D eigenvalue weighted by atomic mass is 10.1. The summed E-state index contributed by atoms with van der Waals surface area (Å²) in [6, 6.07) is 6.53. The summed E-state index contributed by atoms with van der Waals surface area (Å²) < 4.78 is 4.91. The van der Waals surface area contributed by atoms with E-state index in [0.29, 0.717) is 5.69 Å². The van der Waals surface area contributed by atoms with Gasteiger partial charge in [-0.25, -0.2) is 4.79 Å². The van der Waals surface area contributed by atoms with Crippen molar-refractivity contribution < 1.29 is 24.2 Å². The molecule has 114 valence electrons. The fourth-order valence-electron chi connectivity index (χ4n) is 1.66. The molecule has 0 aromatic heterocycles. The number of amides is 1. The average Bonchev–Trinajstić information content (AvgIpc) is 2.45. The van der Waals surface area contributed by atoms with Gasteiger partial charge in [0.15, 0.2) is 0 Å². The first-order valence-electron chi connectivity index (χ1n) is 6.74. The van der Waals surface area contributed by atoms with Crippen molar-refractivity contribution in [2.24, 2.45) is 5.92 Å². The summed E-state index contributed by atoms with van der Waals surface area (Å²) in [6.45, 7) is 3.49. The molecule has 0 bridgehead atoms. The Labute approximate surface area is 123 Å². The van der Waals surface area contributed by atoms with Crippen LogP contribution in [-0.4, -0.2) is 29.6 Å². The van der Waals surface area contributed by atoms with Crippen molar-refractivity contribution in [3.05, 3.63) is 29.8 Å². The zero-order chi connectivity index (χ0) is 15.8. The van der Waals surface area contributed by atoms with E-state index in [1.165, 1.54) is 0 Å². The van der Waals surface area contributed by atoms with E-state index in [-0.39, 0.29) is 30.9 Å². The van der Waals surface area contributed by atoms with Crippen molar-refractivity contribution in [3.63, 3.8) is 0 Å². The van der Waals surface area contributed by atoms with Crippen LogP contribution in [-0.2, 0) is 14.3 Å². The van der Waals surface area contributed by atoms with Gasteiger partial charge in [0.2, 0.25) is 5.91 Å². The van der Waals surface area contributed by atoms with Crippen LogP contribution in [0.5, 0.6) is 0 Å². The largest absolute Gasteiger partial charge is 0.481 e. The van der Waals surface area contributed by atoms with E-state index in [4.69, 9.17) is 9.84 Å². The summed E-state index contributed by atoms with van der Waals surface area (Å²) in [7, 11) is 0. The molecular formula is C15H19NO5. The molecule has 1 aromatic carbocycles. The van der Waals surface area contributed by atoms with Crippen LogP contribution >= 0.6 is 0 Å². The first kappa shape index (κ1) is 16.7. The van der Waals surface area contributed by atoms with Gasteiger partial charge < -0.3 is 15.2 Å². The van der Waals surface area contributed by atoms with Crippen LogP contribution in [0, 0.1) is 5.92 Å². The Morgan fingerprint density at radius 1 is 1.29 bits per heavy atom. The quantitative estimate of drug-likeness (QED) is 0.752. The van der Waals surface area contributed by atoms with E-state index in [1.54, 1.807) is 38.1 Å². The summed E-state index contributed by atoms with van der Waals surface area (Å²) in [5, 5.41) is 11.4. The van der Waals surface area contributed by atoms with Crippen molar-refractivity contribution in [3.8, 4) is 0 Å². The number of benzene rings is 1. The second-order valence-corrected chi connectivity index (χ2v) is 4.59. The number of rotatable bonds is 7. The molecule has 0 aliphatic heterocycles. The molecule has 2 N–H and O–H groups in total. The predicted octanol–water partition coefficient (Wildman–Crippen LogP) is 2.30. The van der Waals surface area contributed by atoms with Crippen molar-refractivity contribution in [1.82, 2.24) is 0 Å². The fraction of sp³-hybridized carbons (Fsp3) is 0.400. The van der Waals surface area contributed by atoms with Gasteiger partial charge in [-0.3, -0.25) is 9.59 Å². The molecule has 0 radical (unpaired) electrons. The lowest BCUT2D eigenvalue weighted by Gasteiger charge is -2.11. The molecule has 0 aliphatic rings. The van der Waals surface area contributed by atoms with Gasteiger partial charge in [0.1, 0.15) is 0 Å². The summed E-state index contributed by atoms with van der Waals surface area (Å²) in [4.78, 5) is 34.3. The second-order valence-electron chi connectivity index (χ2n) is 4.59. The standard InChI is InChI=1S/C15H19NO5/c1-3-21-15(20)11-6-4-5-7-12(11)16-13(17)9-8-10(2)14(18)19/h4-7,10H,3,8-9H2,1-2H3,(H,16,17)(H,18,19)/t10-/m1/s1. The monoisotopic (exact) mass is 293 g/mol. The highest BCUT2D eigenvalue weighted by atomic mass is 16.5. The summed E-state index contributed by atoms with van der Waals surface area (Å²) in [5.41, 5.74) is 0.642. The molecule has 0 saturated heterocycles. The number of hydrogen-bond acceptors (Lipinski definition) is 4. The van der Waals surface area contributed by atoms with E-state index >= 15 is 0 Å². The van der Waals surface area contributed by atoms with Gasteiger partial charge in [-0.2, -0.15) is 0 Å². The maximum absolute atomic E-state index is 11.8. The topological polar surface area (TPSA) is 92.7 Å². The fourth-order valence-corrected chi connectivity index (χ4v) is 1.66. The highest BCUT2D eigenvalue weighted by molar-refractivity contribution is 6.01. The van der Waals surface area contributed by atoms with E-state index in [1.807, 2.05) is 0 Å². The molecule has 0 spiro atoms. The lowest BCUT2D eigenvalue weighted by molar-refractivity contribution is -0.141. The third kappa shape index (κ3) is 5.25. The van der Waals surface area contributed by atoms with Crippen LogP contribution in [0.1, 0.15) is 37.0 Å². The molecular weight excluding hydrogens is 274 g/mol. The molecule has 1 amide bonds. The van der Waals surface area contributed by atoms with Gasteiger partial charge in [-0.15, -0.1) is 0 Å². The van der Waals surface area contributed by atoms with E-state index in [0.717, 1.165) is 0 Å². The molecule has 6 heteroatoms. The Morgan fingerprint density at radius 2 is 1.95 bits per heavy atom. The molecule has 1 aromatic rings. The number of carbonyl (C=O) groups is 3. The Balaban J connectivity index is 2.68. The third-order valence-electron chi connectivity index (χ3n) is 2.92. The Hall–Kier alpha value is -2.37. The van der Waals surface area contributed by atoms with Crippen LogP contribution in [0.2, 0.25) is 0 Å². The minimum atomic E-state index is -0.935. The number of hydrogen-bond donors (Lipinski definition) is 2. The second kappa shape index (κ2) is 8.04. The Morgan fingerprint density at radius 3 is 2.57 bits per heavy atom. The predicted molar refractivity (Wildman–Crippen MR) is 77.1 cm³/mol.